The van der Waals surface area contributed by atoms with Gasteiger partial charge in [0.25, 0.3) is 0 Å². The fraction of sp³-hybridized carbons (Fsp3) is 0.778. The lowest BCUT2D eigenvalue weighted by Gasteiger charge is -2.05. The highest BCUT2D eigenvalue weighted by Crippen LogP contribution is 2.02. The van der Waals surface area contributed by atoms with E-state index in [1.165, 1.54) is 6.92 Å². The Morgan fingerprint density at radius 3 is 2.54 bits per heavy atom. The van der Waals surface area contributed by atoms with Gasteiger partial charge in [-0.25, -0.2) is 0 Å². The average Bonchev–Trinajstić information content (AvgIpc) is 2.04. The number of carboxylic acids is 1. The standard InChI is InChI=1S/C9H16O4/c1-3-4-13-6-8(10)5-7(2)9(11)12/h7H,3-6H2,1-2H3,(H,11,12). The summed E-state index contributed by atoms with van der Waals surface area (Å²) in [7, 11) is 0. The predicted molar refractivity (Wildman–Crippen MR) is 47.5 cm³/mol. The minimum absolute atomic E-state index is 0.0332. The highest BCUT2D eigenvalue weighted by Gasteiger charge is 2.15. The Bertz CT molecular complexity index is 176. The molecule has 0 bridgehead atoms. The van der Waals surface area contributed by atoms with E-state index in [4.69, 9.17) is 9.84 Å². The van der Waals surface area contributed by atoms with Crippen LogP contribution in [0.15, 0.2) is 0 Å². The zero-order valence-corrected chi connectivity index (χ0v) is 8.08. The van der Waals surface area contributed by atoms with E-state index < -0.39 is 11.9 Å². The summed E-state index contributed by atoms with van der Waals surface area (Å²) >= 11 is 0. The van der Waals surface area contributed by atoms with Crippen LogP contribution in [0.3, 0.4) is 0 Å². The maximum atomic E-state index is 11.0. The van der Waals surface area contributed by atoms with Gasteiger partial charge >= 0.3 is 5.97 Å². The maximum absolute atomic E-state index is 11.0. The third-order valence-electron chi connectivity index (χ3n) is 1.57. The molecule has 0 aromatic rings. The lowest BCUT2D eigenvalue weighted by molar-refractivity contribution is -0.143. The highest BCUT2D eigenvalue weighted by atomic mass is 16.5. The van der Waals surface area contributed by atoms with Crippen molar-refractivity contribution < 1.29 is 19.4 Å². The molecule has 4 heteroatoms. The molecule has 0 aliphatic carbocycles. The van der Waals surface area contributed by atoms with Crippen molar-refractivity contribution in [3.05, 3.63) is 0 Å². The van der Waals surface area contributed by atoms with Crippen molar-refractivity contribution in [1.29, 1.82) is 0 Å². The fourth-order valence-electron chi connectivity index (χ4n) is 0.818. The molecular formula is C9H16O4. The molecule has 0 aromatic carbocycles. The van der Waals surface area contributed by atoms with Crippen LogP contribution < -0.4 is 0 Å². The first-order valence-corrected chi connectivity index (χ1v) is 4.40. The van der Waals surface area contributed by atoms with Crippen molar-refractivity contribution in [2.24, 2.45) is 5.92 Å². The van der Waals surface area contributed by atoms with Gasteiger partial charge in [0.1, 0.15) is 6.61 Å². The Morgan fingerprint density at radius 2 is 2.08 bits per heavy atom. The second-order valence-electron chi connectivity index (χ2n) is 3.03. The summed E-state index contributed by atoms with van der Waals surface area (Å²) in [6.07, 6.45) is 0.917. The Balaban J connectivity index is 3.56. The van der Waals surface area contributed by atoms with Gasteiger partial charge in [-0.15, -0.1) is 0 Å². The molecule has 0 radical (unpaired) electrons. The largest absolute Gasteiger partial charge is 0.481 e. The number of ether oxygens (including phenoxy) is 1. The fourth-order valence-corrected chi connectivity index (χ4v) is 0.818. The van der Waals surface area contributed by atoms with Crippen LogP contribution in [0.2, 0.25) is 0 Å². The highest BCUT2D eigenvalue weighted by molar-refractivity contribution is 5.84. The molecule has 0 aliphatic rings. The quantitative estimate of drug-likeness (QED) is 0.607. The lowest BCUT2D eigenvalue weighted by atomic mass is 10.1. The summed E-state index contributed by atoms with van der Waals surface area (Å²) in [6, 6.07) is 0. The van der Waals surface area contributed by atoms with Gasteiger partial charge in [0.15, 0.2) is 5.78 Å². The first-order chi connectivity index (χ1) is 6.07. The molecule has 0 aromatic heterocycles. The summed E-state index contributed by atoms with van der Waals surface area (Å²) in [5, 5.41) is 8.51. The van der Waals surface area contributed by atoms with E-state index in [0.717, 1.165) is 6.42 Å². The van der Waals surface area contributed by atoms with Crippen LogP contribution in [0.25, 0.3) is 0 Å². The van der Waals surface area contributed by atoms with E-state index in [1.54, 1.807) is 0 Å². The van der Waals surface area contributed by atoms with Gasteiger partial charge in [-0.1, -0.05) is 13.8 Å². The smallest absolute Gasteiger partial charge is 0.306 e. The molecule has 0 heterocycles. The number of carboxylic acid groups (broad SMARTS) is 1. The molecule has 4 nitrogen and oxygen atoms in total. The van der Waals surface area contributed by atoms with Gasteiger partial charge in [0.2, 0.25) is 0 Å². The number of ketones is 1. The summed E-state index contributed by atoms with van der Waals surface area (Å²) < 4.78 is 4.98. The van der Waals surface area contributed by atoms with Crippen molar-refractivity contribution in [2.45, 2.75) is 26.7 Å². The maximum Gasteiger partial charge on any atom is 0.306 e. The van der Waals surface area contributed by atoms with Gasteiger partial charge in [0.05, 0.1) is 5.92 Å². The second kappa shape index (κ2) is 6.60. The van der Waals surface area contributed by atoms with Crippen LogP contribution in [0.1, 0.15) is 26.7 Å². The number of hydrogen-bond donors (Lipinski definition) is 1. The molecule has 76 valence electrons. The number of carbonyl (C=O) groups excluding carboxylic acids is 1. The summed E-state index contributed by atoms with van der Waals surface area (Å²) in [5.74, 6) is -1.70. The van der Waals surface area contributed by atoms with Gasteiger partial charge in [0, 0.05) is 13.0 Å². The topological polar surface area (TPSA) is 63.6 Å². The Morgan fingerprint density at radius 1 is 1.46 bits per heavy atom. The molecule has 1 N–H and O–H groups in total. The van der Waals surface area contributed by atoms with Crippen LogP contribution in [-0.2, 0) is 14.3 Å². The van der Waals surface area contributed by atoms with Crippen molar-refractivity contribution in [1.82, 2.24) is 0 Å². The first kappa shape index (κ1) is 12.1. The predicted octanol–water partition coefficient (Wildman–Crippen LogP) is 1.09. The second-order valence-corrected chi connectivity index (χ2v) is 3.03. The van der Waals surface area contributed by atoms with E-state index in [1.807, 2.05) is 6.92 Å². The molecule has 0 saturated heterocycles. The molecule has 0 rings (SSSR count). The van der Waals surface area contributed by atoms with Crippen LogP contribution in [0, 0.1) is 5.92 Å². The van der Waals surface area contributed by atoms with Crippen LogP contribution in [0.5, 0.6) is 0 Å². The summed E-state index contributed by atoms with van der Waals surface area (Å²) in [4.78, 5) is 21.4. The number of hydrogen-bond acceptors (Lipinski definition) is 3. The Hall–Kier alpha value is -0.900. The third kappa shape index (κ3) is 6.28. The molecular weight excluding hydrogens is 172 g/mol. The number of rotatable bonds is 7. The van der Waals surface area contributed by atoms with E-state index in [-0.39, 0.29) is 18.8 Å². The molecule has 0 spiro atoms. The number of aliphatic carboxylic acids is 1. The van der Waals surface area contributed by atoms with E-state index >= 15 is 0 Å². The molecule has 0 aliphatic heterocycles. The monoisotopic (exact) mass is 188 g/mol. The van der Waals surface area contributed by atoms with Crippen molar-refractivity contribution in [3.63, 3.8) is 0 Å². The first-order valence-electron chi connectivity index (χ1n) is 4.40. The Labute approximate surface area is 77.9 Å². The van der Waals surface area contributed by atoms with Crippen LogP contribution >= 0.6 is 0 Å². The minimum Gasteiger partial charge on any atom is -0.481 e. The van der Waals surface area contributed by atoms with Crippen molar-refractivity contribution in [3.8, 4) is 0 Å². The molecule has 0 saturated carbocycles. The molecule has 0 fully saturated rings. The van der Waals surface area contributed by atoms with Crippen molar-refractivity contribution >= 4 is 11.8 Å². The summed E-state index contributed by atoms with van der Waals surface area (Å²) in [5.41, 5.74) is 0. The van der Waals surface area contributed by atoms with Crippen LogP contribution in [0.4, 0.5) is 0 Å². The van der Waals surface area contributed by atoms with Gasteiger partial charge in [-0.3, -0.25) is 9.59 Å². The molecule has 0 amide bonds. The van der Waals surface area contributed by atoms with Crippen molar-refractivity contribution in [2.75, 3.05) is 13.2 Å². The molecule has 1 atom stereocenters. The molecule has 1 unspecified atom stereocenters. The Kier molecular flexibility index (Phi) is 6.14. The van der Waals surface area contributed by atoms with Crippen LogP contribution in [-0.4, -0.2) is 30.1 Å². The zero-order chi connectivity index (χ0) is 10.3. The molecule has 13 heavy (non-hydrogen) atoms. The number of carbonyl (C=O) groups is 2. The zero-order valence-electron chi connectivity index (χ0n) is 8.08. The van der Waals surface area contributed by atoms with Gasteiger partial charge in [-0.05, 0) is 6.42 Å². The van der Waals surface area contributed by atoms with E-state index in [9.17, 15) is 9.59 Å². The average molecular weight is 188 g/mol. The van der Waals surface area contributed by atoms with E-state index in [2.05, 4.69) is 0 Å². The summed E-state index contributed by atoms with van der Waals surface area (Å²) in [6.45, 7) is 4.04. The lowest BCUT2D eigenvalue weighted by Crippen LogP contribution is -2.18. The van der Waals surface area contributed by atoms with Gasteiger partial charge < -0.3 is 9.84 Å². The van der Waals surface area contributed by atoms with Gasteiger partial charge in [-0.2, -0.15) is 0 Å². The third-order valence-corrected chi connectivity index (χ3v) is 1.57. The minimum atomic E-state index is -0.941. The van der Waals surface area contributed by atoms with E-state index in [0.29, 0.717) is 6.61 Å². The SMILES string of the molecule is CCCOCC(=O)CC(C)C(=O)O. The normalized spacial score (nSPS) is 12.5. The number of Topliss-reactive ketones (excluding diaryl/α,β-unsaturated/α-hetero) is 1.